The lowest BCUT2D eigenvalue weighted by atomic mass is 10.2. The molecule has 0 aliphatic heterocycles. The molecule has 0 radical (unpaired) electrons. The van der Waals surface area contributed by atoms with Crippen LogP contribution in [0.4, 0.5) is 5.69 Å². The Balaban J connectivity index is 2.15. The number of hydrogen-bond donors (Lipinski definition) is 2. The molecular weight excluding hydrogens is 294 g/mol. The van der Waals surface area contributed by atoms with Crippen LogP contribution in [0.1, 0.15) is 17.0 Å². The molecule has 2 aromatic rings. The molecule has 0 atom stereocenters. The van der Waals surface area contributed by atoms with Crippen molar-refractivity contribution in [3.63, 3.8) is 0 Å². The molecule has 4 nitrogen and oxygen atoms in total. The fourth-order valence-corrected chi connectivity index (χ4v) is 2.20. The number of aromatic amines is 1. The van der Waals surface area contributed by atoms with Crippen LogP contribution in [-0.2, 0) is 6.54 Å². The molecule has 0 fully saturated rings. The molecule has 18 heavy (non-hydrogen) atoms. The summed E-state index contributed by atoms with van der Waals surface area (Å²) in [6.45, 7) is 4.70. The summed E-state index contributed by atoms with van der Waals surface area (Å²) in [5, 5.41) is 10.5. The topological polar surface area (TPSA) is 49.9 Å². The first-order chi connectivity index (χ1) is 8.61. The third-order valence-electron chi connectivity index (χ3n) is 2.84. The van der Waals surface area contributed by atoms with Crippen molar-refractivity contribution >= 4 is 21.6 Å². The van der Waals surface area contributed by atoms with Gasteiger partial charge >= 0.3 is 0 Å². The number of rotatable bonds is 4. The normalized spacial score (nSPS) is 10.4. The quantitative estimate of drug-likeness (QED) is 0.910. The first-order valence-corrected chi connectivity index (χ1v) is 6.49. The number of hydrogen-bond acceptors (Lipinski definition) is 3. The summed E-state index contributed by atoms with van der Waals surface area (Å²) in [4.78, 5) is 0. The smallest absolute Gasteiger partial charge is 0.119 e. The van der Waals surface area contributed by atoms with Gasteiger partial charge in [-0.15, -0.1) is 0 Å². The van der Waals surface area contributed by atoms with E-state index in [0.29, 0.717) is 0 Å². The van der Waals surface area contributed by atoms with Gasteiger partial charge in [0.1, 0.15) is 5.75 Å². The van der Waals surface area contributed by atoms with Gasteiger partial charge in [-0.1, -0.05) is 15.9 Å². The van der Waals surface area contributed by atoms with Crippen LogP contribution in [0.5, 0.6) is 5.75 Å². The van der Waals surface area contributed by atoms with Crippen molar-refractivity contribution in [2.75, 3.05) is 12.4 Å². The minimum Gasteiger partial charge on any atom is -0.497 e. The van der Waals surface area contributed by atoms with Crippen LogP contribution in [-0.4, -0.2) is 17.3 Å². The van der Waals surface area contributed by atoms with E-state index in [2.05, 4.69) is 31.4 Å². The molecule has 0 aliphatic rings. The highest BCUT2D eigenvalue weighted by Gasteiger charge is 2.07. The summed E-state index contributed by atoms with van der Waals surface area (Å²) in [5.41, 5.74) is 4.23. The highest BCUT2D eigenvalue weighted by atomic mass is 79.9. The third-order valence-corrected chi connectivity index (χ3v) is 3.61. The van der Waals surface area contributed by atoms with Crippen LogP contribution in [0.3, 0.4) is 0 Å². The molecule has 2 rings (SSSR count). The number of methoxy groups -OCH3 is 1. The van der Waals surface area contributed by atoms with E-state index in [1.54, 1.807) is 7.11 Å². The van der Waals surface area contributed by atoms with Crippen LogP contribution in [0.2, 0.25) is 0 Å². The van der Waals surface area contributed by atoms with Crippen LogP contribution < -0.4 is 10.1 Å². The summed E-state index contributed by atoms with van der Waals surface area (Å²) >= 11 is 3.54. The summed E-state index contributed by atoms with van der Waals surface area (Å²) in [6.07, 6.45) is 0. The van der Waals surface area contributed by atoms with Crippen molar-refractivity contribution in [2.45, 2.75) is 20.4 Å². The molecule has 1 aromatic heterocycles. The highest BCUT2D eigenvalue weighted by Crippen LogP contribution is 2.24. The van der Waals surface area contributed by atoms with Crippen molar-refractivity contribution in [3.05, 3.63) is 39.6 Å². The number of halogens is 1. The second-order valence-corrected chi connectivity index (χ2v) is 4.97. The third kappa shape index (κ3) is 2.67. The molecule has 96 valence electrons. The average Bonchev–Trinajstić information content (AvgIpc) is 2.68. The summed E-state index contributed by atoms with van der Waals surface area (Å²) < 4.78 is 6.29. The van der Waals surface area contributed by atoms with Gasteiger partial charge < -0.3 is 10.1 Å². The van der Waals surface area contributed by atoms with Crippen LogP contribution >= 0.6 is 15.9 Å². The number of aromatic nitrogens is 2. The van der Waals surface area contributed by atoms with Gasteiger partial charge in [-0.2, -0.15) is 5.10 Å². The molecule has 0 saturated heterocycles. The van der Waals surface area contributed by atoms with E-state index in [0.717, 1.165) is 39.4 Å². The lowest BCUT2D eigenvalue weighted by Crippen LogP contribution is -2.02. The molecule has 0 aliphatic carbocycles. The van der Waals surface area contributed by atoms with Crippen molar-refractivity contribution in [3.8, 4) is 5.75 Å². The van der Waals surface area contributed by atoms with E-state index in [-0.39, 0.29) is 0 Å². The lowest BCUT2D eigenvalue weighted by Gasteiger charge is -2.10. The Bertz CT molecular complexity index is 532. The standard InChI is InChI=1S/C13H16BrN3O/c1-8-13(9(2)17-16-8)15-7-10-6-11(18-3)4-5-12(10)14/h4-6,15H,7H2,1-3H3,(H,16,17). The van der Waals surface area contributed by atoms with Gasteiger partial charge in [0.05, 0.1) is 24.2 Å². The van der Waals surface area contributed by atoms with Gasteiger partial charge in [-0.3, -0.25) is 5.10 Å². The van der Waals surface area contributed by atoms with Gasteiger partial charge in [0.15, 0.2) is 0 Å². The number of H-pyrrole nitrogens is 1. The van der Waals surface area contributed by atoms with Gasteiger partial charge in [-0.05, 0) is 37.6 Å². The maximum absolute atomic E-state index is 5.23. The monoisotopic (exact) mass is 309 g/mol. The van der Waals surface area contributed by atoms with Gasteiger partial charge in [0, 0.05) is 11.0 Å². The number of ether oxygens (including phenoxy) is 1. The molecule has 0 amide bonds. The summed E-state index contributed by atoms with van der Waals surface area (Å²) in [6, 6.07) is 5.94. The number of nitrogens with zero attached hydrogens (tertiary/aromatic N) is 1. The Morgan fingerprint density at radius 3 is 2.78 bits per heavy atom. The predicted octanol–water partition coefficient (Wildman–Crippen LogP) is 3.41. The SMILES string of the molecule is COc1ccc(Br)c(CNc2c(C)n[nH]c2C)c1. The van der Waals surface area contributed by atoms with Gasteiger partial charge in [-0.25, -0.2) is 0 Å². The van der Waals surface area contributed by atoms with Crippen LogP contribution in [0.15, 0.2) is 22.7 Å². The number of aryl methyl sites for hydroxylation is 2. The van der Waals surface area contributed by atoms with E-state index in [1.165, 1.54) is 0 Å². The first kappa shape index (κ1) is 13.0. The maximum Gasteiger partial charge on any atom is 0.119 e. The Kier molecular flexibility index (Phi) is 3.91. The molecule has 0 spiro atoms. The fourth-order valence-electron chi connectivity index (χ4n) is 1.81. The zero-order chi connectivity index (χ0) is 13.1. The Hall–Kier alpha value is -1.49. The van der Waals surface area contributed by atoms with E-state index >= 15 is 0 Å². The Morgan fingerprint density at radius 2 is 2.17 bits per heavy atom. The van der Waals surface area contributed by atoms with Crippen LogP contribution in [0.25, 0.3) is 0 Å². The van der Waals surface area contributed by atoms with E-state index < -0.39 is 0 Å². The molecule has 1 aromatic carbocycles. The van der Waals surface area contributed by atoms with Gasteiger partial charge in [0.25, 0.3) is 0 Å². The zero-order valence-corrected chi connectivity index (χ0v) is 12.3. The van der Waals surface area contributed by atoms with E-state index in [1.807, 2.05) is 32.0 Å². The second-order valence-electron chi connectivity index (χ2n) is 4.12. The molecule has 1 heterocycles. The van der Waals surface area contributed by atoms with Crippen LogP contribution in [0, 0.1) is 13.8 Å². The van der Waals surface area contributed by atoms with Crippen molar-refractivity contribution < 1.29 is 4.74 Å². The molecular formula is C13H16BrN3O. The summed E-state index contributed by atoms with van der Waals surface area (Å²) in [7, 11) is 1.67. The van der Waals surface area contributed by atoms with Crippen molar-refractivity contribution in [1.29, 1.82) is 0 Å². The molecule has 0 bridgehead atoms. The second kappa shape index (κ2) is 5.44. The van der Waals surface area contributed by atoms with E-state index in [9.17, 15) is 0 Å². The Labute approximate surface area is 115 Å². The largest absolute Gasteiger partial charge is 0.497 e. The molecule has 5 heteroatoms. The number of benzene rings is 1. The minimum absolute atomic E-state index is 0.721. The lowest BCUT2D eigenvalue weighted by molar-refractivity contribution is 0.414. The van der Waals surface area contributed by atoms with Gasteiger partial charge in [0.2, 0.25) is 0 Å². The molecule has 0 saturated carbocycles. The first-order valence-electron chi connectivity index (χ1n) is 5.69. The number of anilines is 1. The maximum atomic E-state index is 5.23. The molecule has 2 N–H and O–H groups in total. The highest BCUT2D eigenvalue weighted by molar-refractivity contribution is 9.10. The average molecular weight is 310 g/mol. The fraction of sp³-hybridized carbons (Fsp3) is 0.308. The van der Waals surface area contributed by atoms with E-state index in [4.69, 9.17) is 4.74 Å². The zero-order valence-electron chi connectivity index (χ0n) is 10.7. The predicted molar refractivity (Wildman–Crippen MR) is 76.1 cm³/mol. The molecule has 0 unspecified atom stereocenters. The minimum atomic E-state index is 0.721. The summed E-state index contributed by atoms with van der Waals surface area (Å²) in [5.74, 6) is 0.857. The van der Waals surface area contributed by atoms with Crippen molar-refractivity contribution in [1.82, 2.24) is 10.2 Å². The van der Waals surface area contributed by atoms with Crippen molar-refractivity contribution in [2.24, 2.45) is 0 Å². The number of nitrogens with one attached hydrogen (secondary N) is 2. The Morgan fingerprint density at radius 1 is 1.39 bits per heavy atom.